The van der Waals surface area contributed by atoms with Gasteiger partial charge in [0.25, 0.3) is 15.9 Å². The number of nitrogens with zero attached hydrogens (tertiary/aromatic N) is 2. The standard InChI is InChI=1S/C14H11BrFN3O3S/c15-9-3-4-12(11(16)8-9)17-14(20)10-2-1-5-19-6-7-23(21,22)18-13(10)19/h1-5,8H,6-7H2,(H,17,20). The lowest BCUT2D eigenvalue weighted by Gasteiger charge is -2.28. The topological polar surface area (TPSA) is 78.8 Å². The fourth-order valence-electron chi connectivity index (χ4n) is 2.17. The minimum atomic E-state index is -3.59. The van der Waals surface area contributed by atoms with Gasteiger partial charge in [-0.05, 0) is 30.4 Å². The zero-order valence-corrected chi connectivity index (χ0v) is 14.1. The first-order valence-electron chi connectivity index (χ1n) is 6.60. The predicted octanol–water partition coefficient (Wildman–Crippen LogP) is 2.02. The van der Waals surface area contributed by atoms with E-state index in [0.717, 1.165) is 0 Å². The first-order chi connectivity index (χ1) is 10.9. The number of sulfonamides is 1. The van der Waals surface area contributed by atoms with Gasteiger partial charge in [-0.25, -0.2) is 12.8 Å². The fourth-order valence-corrected chi connectivity index (χ4v) is 3.49. The van der Waals surface area contributed by atoms with E-state index in [1.165, 1.54) is 18.2 Å². The molecule has 0 saturated heterocycles. The molecule has 0 aromatic heterocycles. The van der Waals surface area contributed by atoms with Gasteiger partial charge in [0.2, 0.25) is 0 Å². The molecule has 1 amide bonds. The van der Waals surface area contributed by atoms with Crippen LogP contribution in [0.25, 0.3) is 0 Å². The van der Waals surface area contributed by atoms with E-state index in [9.17, 15) is 17.6 Å². The number of allylic oxidation sites excluding steroid dienone is 2. The molecule has 0 aliphatic carbocycles. The van der Waals surface area contributed by atoms with Crippen LogP contribution in [0.4, 0.5) is 10.1 Å². The van der Waals surface area contributed by atoms with Gasteiger partial charge in [0.05, 0.1) is 17.0 Å². The third-order valence-corrected chi connectivity index (χ3v) is 4.92. The maximum absolute atomic E-state index is 13.8. The number of hydrogen-bond donors (Lipinski definition) is 1. The van der Waals surface area contributed by atoms with Crippen LogP contribution in [0.2, 0.25) is 0 Å². The van der Waals surface area contributed by atoms with Crippen LogP contribution in [0.5, 0.6) is 0 Å². The van der Waals surface area contributed by atoms with Crippen LogP contribution < -0.4 is 5.32 Å². The van der Waals surface area contributed by atoms with E-state index in [-0.39, 0.29) is 29.4 Å². The molecule has 0 saturated carbocycles. The molecule has 23 heavy (non-hydrogen) atoms. The van der Waals surface area contributed by atoms with Gasteiger partial charge >= 0.3 is 0 Å². The summed E-state index contributed by atoms with van der Waals surface area (Å²) < 4.78 is 41.3. The number of rotatable bonds is 2. The Labute approximate surface area is 140 Å². The largest absolute Gasteiger partial charge is 0.331 e. The van der Waals surface area contributed by atoms with Gasteiger partial charge in [-0.2, -0.15) is 0 Å². The van der Waals surface area contributed by atoms with Crippen molar-refractivity contribution in [2.24, 2.45) is 4.40 Å². The second-order valence-corrected chi connectivity index (χ2v) is 7.56. The molecule has 3 rings (SSSR count). The average Bonchev–Trinajstić information content (AvgIpc) is 2.48. The Morgan fingerprint density at radius 1 is 1.39 bits per heavy atom. The Kier molecular flexibility index (Phi) is 4.07. The highest BCUT2D eigenvalue weighted by Gasteiger charge is 2.30. The van der Waals surface area contributed by atoms with Crippen LogP contribution in [-0.2, 0) is 14.8 Å². The quantitative estimate of drug-likeness (QED) is 0.824. The lowest BCUT2D eigenvalue weighted by Crippen LogP contribution is -2.40. The maximum Gasteiger partial charge on any atom is 0.259 e. The van der Waals surface area contributed by atoms with Gasteiger partial charge in [-0.15, -0.1) is 4.40 Å². The molecule has 2 aliphatic heterocycles. The number of anilines is 1. The van der Waals surface area contributed by atoms with Gasteiger partial charge in [-0.1, -0.05) is 15.9 Å². The van der Waals surface area contributed by atoms with Gasteiger partial charge in [0.1, 0.15) is 5.82 Å². The highest BCUT2D eigenvalue weighted by Crippen LogP contribution is 2.22. The minimum Gasteiger partial charge on any atom is -0.331 e. The van der Waals surface area contributed by atoms with Crippen molar-refractivity contribution in [3.05, 3.63) is 52.4 Å². The summed E-state index contributed by atoms with van der Waals surface area (Å²) in [4.78, 5) is 14.0. The summed E-state index contributed by atoms with van der Waals surface area (Å²) in [7, 11) is -3.59. The summed E-state index contributed by atoms with van der Waals surface area (Å²) in [6.45, 7) is 0.217. The summed E-state index contributed by atoms with van der Waals surface area (Å²) in [5.41, 5.74) is 0.0672. The molecule has 1 aromatic rings. The lowest BCUT2D eigenvalue weighted by molar-refractivity contribution is -0.112. The molecule has 0 spiro atoms. The van der Waals surface area contributed by atoms with Crippen molar-refractivity contribution in [1.29, 1.82) is 0 Å². The number of carbonyl (C=O) groups is 1. The third-order valence-electron chi connectivity index (χ3n) is 3.28. The smallest absolute Gasteiger partial charge is 0.259 e. The van der Waals surface area contributed by atoms with E-state index < -0.39 is 21.7 Å². The van der Waals surface area contributed by atoms with E-state index in [1.807, 2.05) is 0 Å². The van der Waals surface area contributed by atoms with E-state index in [4.69, 9.17) is 0 Å². The van der Waals surface area contributed by atoms with Gasteiger partial charge in [0, 0.05) is 17.2 Å². The van der Waals surface area contributed by atoms with E-state index in [0.29, 0.717) is 4.47 Å². The molecule has 120 valence electrons. The molecule has 0 radical (unpaired) electrons. The van der Waals surface area contributed by atoms with Gasteiger partial charge in [-0.3, -0.25) is 4.79 Å². The van der Waals surface area contributed by atoms with E-state index in [2.05, 4.69) is 25.6 Å². The molecular formula is C14H11BrFN3O3S. The summed E-state index contributed by atoms with van der Waals surface area (Å²) in [5, 5.41) is 2.43. The summed E-state index contributed by atoms with van der Waals surface area (Å²) in [6, 6.07) is 4.22. The number of hydrogen-bond acceptors (Lipinski definition) is 4. The van der Waals surface area contributed by atoms with Crippen LogP contribution in [0, 0.1) is 5.82 Å². The molecule has 1 N–H and O–H groups in total. The predicted molar refractivity (Wildman–Crippen MR) is 87.9 cm³/mol. The zero-order chi connectivity index (χ0) is 16.6. The second-order valence-electron chi connectivity index (χ2n) is 4.89. The van der Waals surface area contributed by atoms with Crippen molar-refractivity contribution in [2.75, 3.05) is 17.6 Å². The fraction of sp³-hybridized carbons (Fsp3) is 0.143. The molecule has 0 bridgehead atoms. The van der Waals surface area contributed by atoms with Crippen molar-refractivity contribution in [1.82, 2.24) is 4.90 Å². The number of amidine groups is 1. The van der Waals surface area contributed by atoms with Crippen molar-refractivity contribution in [3.63, 3.8) is 0 Å². The van der Waals surface area contributed by atoms with Crippen LogP contribution in [0.1, 0.15) is 0 Å². The third kappa shape index (κ3) is 3.35. The second kappa shape index (κ2) is 5.89. The van der Waals surface area contributed by atoms with Crippen molar-refractivity contribution in [2.45, 2.75) is 0 Å². The first kappa shape index (κ1) is 15.9. The molecule has 0 fully saturated rings. The Balaban J connectivity index is 1.91. The maximum atomic E-state index is 13.8. The summed E-state index contributed by atoms with van der Waals surface area (Å²) in [6.07, 6.45) is 4.70. The van der Waals surface area contributed by atoms with Gasteiger partial charge in [0.15, 0.2) is 5.84 Å². The minimum absolute atomic E-state index is 0.000491. The molecule has 2 heterocycles. The molecule has 9 heteroatoms. The Hall–Kier alpha value is -2.00. The van der Waals surface area contributed by atoms with E-state index >= 15 is 0 Å². The molecule has 0 unspecified atom stereocenters. The first-order valence-corrected chi connectivity index (χ1v) is 9.00. The van der Waals surface area contributed by atoms with E-state index in [1.54, 1.807) is 23.2 Å². The molecule has 6 nitrogen and oxygen atoms in total. The highest BCUT2D eigenvalue weighted by molar-refractivity contribution is 9.10. The molecule has 2 aliphatic rings. The molecule has 1 aromatic carbocycles. The van der Waals surface area contributed by atoms with Gasteiger partial charge < -0.3 is 10.2 Å². The molecule has 0 atom stereocenters. The summed E-state index contributed by atoms with van der Waals surface area (Å²) in [5.74, 6) is -1.29. The summed E-state index contributed by atoms with van der Waals surface area (Å²) >= 11 is 3.13. The van der Waals surface area contributed by atoms with Crippen molar-refractivity contribution >= 4 is 43.4 Å². The van der Waals surface area contributed by atoms with Crippen molar-refractivity contribution < 1.29 is 17.6 Å². The van der Waals surface area contributed by atoms with Crippen molar-refractivity contribution in [3.8, 4) is 0 Å². The molecular weight excluding hydrogens is 389 g/mol. The van der Waals surface area contributed by atoms with Crippen LogP contribution in [-0.4, -0.2) is 37.4 Å². The lowest BCUT2D eigenvalue weighted by atomic mass is 10.1. The van der Waals surface area contributed by atoms with Crippen LogP contribution >= 0.6 is 15.9 Å². The Bertz CT molecular complexity index is 877. The average molecular weight is 400 g/mol. The van der Waals surface area contributed by atoms with Crippen LogP contribution in [0.3, 0.4) is 0 Å². The number of carbonyl (C=O) groups excluding carboxylic acids is 1. The number of amides is 1. The Morgan fingerprint density at radius 3 is 2.91 bits per heavy atom. The Morgan fingerprint density at radius 2 is 2.17 bits per heavy atom. The normalized spacial score (nSPS) is 18.8. The SMILES string of the molecule is O=C(Nc1ccc(Br)cc1F)C1=CC=CN2CCS(=O)(=O)N=C12. The highest BCUT2D eigenvalue weighted by atomic mass is 79.9. The number of halogens is 2. The number of nitrogens with one attached hydrogen (secondary N) is 1. The number of fused-ring (bicyclic) bond motifs is 1. The zero-order valence-electron chi connectivity index (χ0n) is 11.7. The monoisotopic (exact) mass is 399 g/mol. The van der Waals surface area contributed by atoms with Crippen LogP contribution in [0.15, 0.2) is 51.0 Å². The number of benzene rings is 1.